The van der Waals surface area contributed by atoms with Crippen LogP contribution in [0.4, 0.5) is 0 Å². The van der Waals surface area contributed by atoms with E-state index in [4.69, 9.17) is 9.26 Å². The third-order valence-corrected chi connectivity index (χ3v) is 3.11. The standard InChI is InChI=1S/C12H13N3O4S/c1-3-18-12(17)11-14-9(6-20-11)10(16)13-5-8-4-7(2)15-19-8/h4,6H,3,5H2,1-2H3,(H,13,16). The highest BCUT2D eigenvalue weighted by atomic mass is 32.1. The van der Waals surface area contributed by atoms with Crippen molar-refractivity contribution in [2.45, 2.75) is 20.4 Å². The number of carbonyl (C=O) groups excluding carboxylic acids is 2. The highest BCUT2D eigenvalue weighted by molar-refractivity contribution is 7.11. The maximum absolute atomic E-state index is 11.8. The number of esters is 1. The van der Waals surface area contributed by atoms with Gasteiger partial charge in [-0.2, -0.15) is 0 Å². The minimum absolute atomic E-state index is 0.160. The van der Waals surface area contributed by atoms with Crippen LogP contribution in [0.1, 0.15) is 38.7 Å². The Labute approximate surface area is 118 Å². The number of hydrogen-bond acceptors (Lipinski definition) is 7. The van der Waals surface area contributed by atoms with E-state index < -0.39 is 5.97 Å². The molecule has 0 fully saturated rings. The van der Waals surface area contributed by atoms with Crippen LogP contribution < -0.4 is 5.32 Å². The molecular formula is C12H13N3O4S. The average molecular weight is 295 g/mol. The number of ether oxygens (including phenoxy) is 1. The Morgan fingerprint density at radius 2 is 2.30 bits per heavy atom. The first-order valence-corrected chi connectivity index (χ1v) is 6.81. The second kappa shape index (κ2) is 6.29. The van der Waals surface area contributed by atoms with Crippen molar-refractivity contribution in [3.8, 4) is 0 Å². The van der Waals surface area contributed by atoms with E-state index in [1.807, 2.05) is 0 Å². The molecule has 0 aliphatic rings. The summed E-state index contributed by atoms with van der Waals surface area (Å²) in [4.78, 5) is 27.2. The largest absolute Gasteiger partial charge is 0.461 e. The van der Waals surface area contributed by atoms with Crippen molar-refractivity contribution in [2.24, 2.45) is 0 Å². The number of amides is 1. The van der Waals surface area contributed by atoms with Crippen molar-refractivity contribution >= 4 is 23.2 Å². The predicted octanol–water partition coefficient (Wildman–Crippen LogP) is 1.55. The van der Waals surface area contributed by atoms with Crippen molar-refractivity contribution in [1.29, 1.82) is 0 Å². The number of aryl methyl sites for hydroxylation is 1. The van der Waals surface area contributed by atoms with E-state index in [-0.39, 0.29) is 29.8 Å². The van der Waals surface area contributed by atoms with E-state index >= 15 is 0 Å². The van der Waals surface area contributed by atoms with Crippen molar-refractivity contribution in [3.63, 3.8) is 0 Å². The molecular weight excluding hydrogens is 282 g/mol. The Balaban J connectivity index is 1.94. The molecule has 2 heterocycles. The van der Waals surface area contributed by atoms with Crippen LogP contribution >= 0.6 is 11.3 Å². The Bertz CT molecular complexity index is 620. The molecule has 0 radical (unpaired) electrons. The second-order valence-electron chi connectivity index (χ2n) is 3.88. The minimum atomic E-state index is -0.526. The molecule has 8 heteroatoms. The third-order valence-electron chi connectivity index (χ3n) is 2.29. The lowest BCUT2D eigenvalue weighted by molar-refractivity contribution is 0.0526. The fourth-order valence-electron chi connectivity index (χ4n) is 1.42. The van der Waals surface area contributed by atoms with Gasteiger partial charge in [0.25, 0.3) is 5.91 Å². The van der Waals surface area contributed by atoms with Gasteiger partial charge in [-0.25, -0.2) is 9.78 Å². The van der Waals surface area contributed by atoms with E-state index in [1.54, 1.807) is 19.9 Å². The Kier molecular flexibility index (Phi) is 4.46. The summed E-state index contributed by atoms with van der Waals surface area (Å²) in [6, 6.07) is 1.73. The van der Waals surface area contributed by atoms with E-state index in [2.05, 4.69) is 15.5 Å². The highest BCUT2D eigenvalue weighted by Crippen LogP contribution is 2.11. The van der Waals surface area contributed by atoms with Crippen molar-refractivity contribution in [3.05, 3.63) is 33.6 Å². The van der Waals surface area contributed by atoms with Gasteiger partial charge in [-0.3, -0.25) is 4.79 Å². The fraction of sp³-hybridized carbons (Fsp3) is 0.333. The first-order valence-electron chi connectivity index (χ1n) is 5.93. The molecule has 7 nitrogen and oxygen atoms in total. The van der Waals surface area contributed by atoms with Crippen molar-refractivity contribution in [1.82, 2.24) is 15.5 Å². The summed E-state index contributed by atoms with van der Waals surface area (Å²) >= 11 is 1.07. The molecule has 2 rings (SSSR count). The SMILES string of the molecule is CCOC(=O)c1nc(C(=O)NCc2cc(C)no2)cs1. The number of rotatable bonds is 5. The van der Waals surface area contributed by atoms with Gasteiger partial charge in [-0.15, -0.1) is 11.3 Å². The van der Waals surface area contributed by atoms with Gasteiger partial charge in [0.2, 0.25) is 5.01 Å². The van der Waals surface area contributed by atoms with Crippen molar-refractivity contribution in [2.75, 3.05) is 6.61 Å². The monoisotopic (exact) mass is 295 g/mol. The molecule has 0 spiro atoms. The summed E-state index contributed by atoms with van der Waals surface area (Å²) in [6.07, 6.45) is 0. The third kappa shape index (κ3) is 3.41. The predicted molar refractivity (Wildman–Crippen MR) is 70.5 cm³/mol. The van der Waals surface area contributed by atoms with Gasteiger partial charge in [0.15, 0.2) is 5.76 Å². The first-order chi connectivity index (χ1) is 9.60. The van der Waals surface area contributed by atoms with Gasteiger partial charge in [0.05, 0.1) is 18.8 Å². The Hall–Kier alpha value is -2.22. The van der Waals surface area contributed by atoms with E-state index in [0.29, 0.717) is 5.76 Å². The van der Waals surface area contributed by atoms with Crippen LogP contribution in [-0.2, 0) is 11.3 Å². The summed E-state index contributed by atoms with van der Waals surface area (Å²) in [5.41, 5.74) is 0.918. The molecule has 20 heavy (non-hydrogen) atoms. The molecule has 0 atom stereocenters. The Morgan fingerprint density at radius 1 is 1.50 bits per heavy atom. The smallest absolute Gasteiger partial charge is 0.367 e. The molecule has 0 bridgehead atoms. The minimum Gasteiger partial charge on any atom is -0.461 e. The van der Waals surface area contributed by atoms with Crippen LogP contribution in [0.2, 0.25) is 0 Å². The summed E-state index contributed by atoms with van der Waals surface area (Å²) in [7, 11) is 0. The van der Waals surface area contributed by atoms with Crippen LogP contribution in [0.5, 0.6) is 0 Å². The number of thiazole rings is 1. The Morgan fingerprint density at radius 3 is 2.95 bits per heavy atom. The lowest BCUT2D eigenvalue weighted by Gasteiger charge is -1.99. The lowest BCUT2D eigenvalue weighted by Crippen LogP contribution is -2.23. The van der Waals surface area contributed by atoms with E-state index in [9.17, 15) is 9.59 Å². The molecule has 106 valence electrons. The molecule has 1 N–H and O–H groups in total. The van der Waals surface area contributed by atoms with Gasteiger partial charge in [-0.1, -0.05) is 5.16 Å². The average Bonchev–Trinajstić information content (AvgIpc) is 3.05. The second-order valence-corrected chi connectivity index (χ2v) is 4.73. The highest BCUT2D eigenvalue weighted by Gasteiger charge is 2.16. The first kappa shape index (κ1) is 14.2. The summed E-state index contributed by atoms with van der Waals surface area (Å²) in [5.74, 6) is -0.357. The van der Waals surface area contributed by atoms with Crippen LogP contribution in [0, 0.1) is 6.92 Å². The normalized spacial score (nSPS) is 10.3. The van der Waals surface area contributed by atoms with Gasteiger partial charge < -0.3 is 14.6 Å². The van der Waals surface area contributed by atoms with Crippen molar-refractivity contribution < 1.29 is 18.8 Å². The van der Waals surface area contributed by atoms with Crippen LogP contribution in [0.25, 0.3) is 0 Å². The molecule has 2 aromatic heterocycles. The fourth-order valence-corrected chi connectivity index (χ4v) is 2.11. The van der Waals surface area contributed by atoms with Crippen LogP contribution in [0.3, 0.4) is 0 Å². The topological polar surface area (TPSA) is 94.3 Å². The zero-order valence-corrected chi connectivity index (χ0v) is 11.8. The summed E-state index contributed by atoms with van der Waals surface area (Å²) < 4.78 is 9.78. The maximum atomic E-state index is 11.8. The molecule has 0 aromatic carbocycles. The van der Waals surface area contributed by atoms with Crippen LogP contribution in [-0.4, -0.2) is 28.6 Å². The van der Waals surface area contributed by atoms with Crippen LogP contribution in [0.15, 0.2) is 16.0 Å². The zero-order valence-electron chi connectivity index (χ0n) is 11.0. The summed E-state index contributed by atoms with van der Waals surface area (Å²) in [6.45, 7) is 3.98. The number of nitrogens with zero attached hydrogens (tertiary/aromatic N) is 2. The number of aromatic nitrogens is 2. The molecule has 0 unspecified atom stereocenters. The summed E-state index contributed by atoms with van der Waals surface area (Å²) in [5, 5.41) is 8.01. The maximum Gasteiger partial charge on any atom is 0.367 e. The molecule has 0 saturated heterocycles. The zero-order chi connectivity index (χ0) is 14.5. The van der Waals surface area contributed by atoms with Gasteiger partial charge in [-0.05, 0) is 13.8 Å². The van der Waals surface area contributed by atoms with E-state index in [1.165, 1.54) is 5.38 Å². The number of hydrogen-bond donors (Lipinski definition) is 1. The lowest BCUT2D eigenvalue weighted by atomic mass is 10.3. The molecule has 0 aliphatic carbocycles. The molecule has 0 aliphatic heterocycles. The molecule has 2 aromatic rings. The molecule has 1 amide bonds. The van der Waals surface area contributed by atoms with Gasteiger partial charge in [0, 0.05) is 11.4 Å². The van der Waals surface area contributed by atoms with E-state index in [0.717, 1.165) is 17.0 Å². The number of carbonyl (C=O) groups is 2. The van der Waals surface area contributed by atoms with Gasteiger partial charge >= 0.3 is 5.97 Å². The van der Waals surface area contributed by atoms with Gasteiger partial charge in [0.1, 0.15) is 5.69 Å². The molecule has 0 saturated carbocycles. The quantitative estimate of drug-likeness (QED) is 0.841. The number of nitrogens with one attached hydrogen (secondary N) is 1.